The molecule has 6 heteroatoms. The van der Waals surface area contributed by atoms with Gasteiger partial charge in [0.2, 0.25) is 0 Å². The van der Waals surface area contributed by atoms with Gasteiger partial charge in [0.05, 0.1) is 5.02 Å². The molecule has 0 bridgehead atoms. The number of nitrogens with zero attached hydrogens (tertiary/aromatic N) is 1. The van der Waals surface area contributed by atoms with E-state index in [0.717, 1.165) is 15.5 Å². The maximum atomic E-state index is 12.3. The summed E-state index contributed by atoms with van der Waals surface area (Å²) < 4.78 is 0. The van der Waals surface area contributed by atoms with Crippen LogP contribution in [0.4, 0.5) is 5.69 Å². The van der Waals surface area contributed by atoms with Gasteiger partial charge in [-0.05, 0) is 55.0 Å². The summed E-state index contributed by atoms with van der Waals surface area (Å²) in [4.78, 5) is 17.5. The topological polar surface area (TPSA) is 42.0 Å². The Morgan fingerprint density at radius 1 is 1.04 bits per heavy atom. The molecule has 0 aliphatic carbocycles. The monoisotopic (exact) mass is 388 g/mol. The number of benzene rings is 2. The van der Waals surface area contributed by atoms with Crippen molar-refractivity contribution in [2.75, 3.05) is 5.32 Å². The minimum atomic E-state index is -0.233. The average molecular weight is 389 g/mol. The predicted octanol–water partition coefficient (Wildman–Crippen LogP) is 6.10. The number of amides is 1. The van der Waals surface area contributed by atoms with Crippen LogP contribution in [0.2, 0.25) is 10.0 Å². The number of rotatable bonds is 4. The third-order valence-corrected chi connectivity index (χ3v) is 5.33. The van der Waals surface area contributed by atoms with Crippen LogP contribution in [-0.4, -0.2) is 10.9 Å². The van der Waals surface area contributed by atoms with Crippen LogP contribution in [0.15, 0.2) is 70.7 Å². The van der Waals surface area contributed by atoms with Gasteiger partial charge in [-0.1, -0.05) is 47.1 Å². The Hall–Kier alpha value is -2.01. The molecule has 0 aliphatic heterocycles. The summed E-state index contributed by atoms with van der Waals surface area (Å²) in [6.45, 7) is 1.89. The molecule has 1 aromatic heterocycles. The van der Waals surface area contributed by atoms with E-state index in [1.54, 1.807) is 24.4 Å². The molecule has 0 aliphatic rings. The van der Waals surface area contributed by atoms with Gasteiger partial charge in [-0.2, -0.15) is 0 Å². The number of nitrogens with one attached hydrogen (secondary N) is 1. The van der Waals surface area contributed by atoms with Crippen molar-refractivity contribution in [3.63, 3.8) is 0 Å². The summed E-state index contributed by atoms with van der Waals surface area (Å²) in [5.74, 6) is -0.233. The quantitative estimate of drug-likeness (QED) is 0.586. The Bertz CT molecular complexity index is 917. The van der Waals surface area contributed by atoms with Crippen LogP contribution >= 0.6 is 35.0 Å². The van der Waals surface area contributed by atoms with Crippen LogP contribution in [0.1, 0.15) is 15.9 Å². The van der Waals surface area contributed by atoms with Crippen molar-refractivity contribution in [2.45, 2.75) is 16.8 Å². The van der Waals surface area contributed by atoms with E-state index in [2.05, 4.69) is 10.3 Å². The fourth-order valence-electron chi connectivity index (χ4n) is 2.12. The molecule has 1 amide bonds. The van der Waals surface area contributed by atoms with Gasteiger partial charge in [0.15, 0.2) is 0 Å². The highest BCUT2D eigenvalue weighted by atomic mass is 35.5. The molecule has 1 N–H and O–H groups in total. The lowest BCUT2D eigenvalue weighted by molar-refractivity contribution is 0.102. The molecule has 3 aromatic rings. The summed E-state index contributed by atoms with van der Waals surface area (Å²) in [5, 5.41) is 4.80. The number of carbonyl (C=O) groups is 1. The van der Waals surface area contributed by atoms with Crippen molar-refractivity contribution < 1.29 is 4.79 Å². The van der Waals surface area contributed by atoms with Gasteiger partial charge in [-0.3, -0.25) is 4.79 Å². The van der Waals surface area contributed by atoms with Gasteiger partial charge in [0.25, 0.3) is 5.91 Å². The largest absolute Gasteiger partial charge is 0.322 e. The normalized spacial score (nSPS) is 10.5. The predicted molar refractivity (Wildman–Crippen MR) is 104 cm³/mol. The highest BCUT2D eigenvalue weighted by Gasteiger charge is 2.10. The highest BCUT2D eigenvalue weighted by Crippen LogP contribution is 2.33. The number of hydrogen-bond acceptors (Lipinski definition) is 3. The van der Waals surface area contributed by atoms with Gasteiger partial charge < -0.3 is 5.32 Å². The Morgan fingerprint density at radius 2 is 1.88 bits per heavy atom. The standard InChI is InChI=1S/C19H14Cl2N2OS/c1-12-5-6-13(10-15(12)20)19(24)23-14-7-8-17(16(21)11-14)25-18-4-2-3-9-22-18/h2-11H,1H3,(H,23,24). The zero-order valence-electron chi connectivity index (χ0n) is 13.3. The van der Waals surface area contributed by atoms with Crippen molar-refractivity contribution in [3.05, 3.63) is 82.0 Å². The molecule has 1 heterocycles. The fraction of sp³-hybridized carbons (Fsp3) is 0.0526. The number of aromatic nitrogens is 1. The third kappa shape index (κ3) is 4.54. The molecule has 2 aromatic carbocycles. The van der Waals surface area contributed by atoms with Crippen LogP contribution in [0, 0.1) is 6.92 Å². The Kier molecular flexibility index (Phi) is 5.63. The van der Waals surface area contributed by atoms with E-state index in [-0.39, 0.29) is 5.91 Å². The number of halogens is 2. The summed E-state index contributed by atoms with van der Waals surface area (Å²) in [5.41, 5.74) is 2.05. The Balaban J connectivity index is 1.74. The van der Waals surface area contributed by atoms with Crippen molar-refractivity contribution in [3.8, 4) is 0 Å². The summed E-state index contributed by atoms with van der Waals surface area (Å²) in [7, 11) is 0. The van der Waals surface area contributed by atoms with E-state index in [1.807, 2.05) is 43.3 Å². The lowest BCUT2D eigenvalue weighted by Crippen LogP contribution is -2.11. The first kappa shape index (κ1) is 17.8. The Labute approximate surface area is 160 Å². The van der Waals surface area contributed by atoms with Crippen LogP contribution < -0.4 is 5.32 Å². The first-order chi connectivity index (χ1) is 12.0. The zero-order valence-corrected chi connectivity index (χ0v) is 15.6. The molecule has 0 spiro atoms. The lowest BCUT2D eigenvalue weighted by Gasteiger charge is -2.09. The number of anilines is 1. The first-order valence-electron chi connectivity index (χ1n) is 7.49. The molecule has 0 fully saturated rings. The first-order valence-corrected chi connectivity index (χ1v) is 9.06. The van der Waals surface area contributed by atoms with E-state index in [1.165, 1.54) is 11.8 Å². The fourth-order valence-corrected chi connectivity index (χ4v) is 3.37. The minimum absolute atomic E-state index is 0.233. The van der Waals surface area contributed by atoms with E-state index >= 15 is 0 Å². The SMILES string of the molecule is Cc1ccc(C(=O)Nc2ccc(Sc3ccccn3)c(Cl)c2)cc1Cl. The van der Waals surface area contributed by atoms with Crippen molar-refractivity contribution in [1.29, 1.82) is 0 Å². The Morgan fingerprint density at radius 3 is 2.56 bits per heavy atom. The maximum Gasteiger partial charge on any atom is 0.255 e. The minimum Gasteiger partial charge on any atom is -0.322 e. The lowest BCUT2D eigenvalue weighted by atomic mass is 10.1. The average Bonchev–Trinajstić information content (AvgIpc) is 2.60. The number of carbonyl (C=O) groups excluding carboxylic acids is 1. The number of pyridine rings is 1. The second kappa shape index (κ2) is 7.91. The molecule has 3 nitrogen and oxygen atoms in total. The second-order valence-electron chi connectivity index (χ2n) is 5.33. The molecule has 0 saturated carbocycles. The van der Waals surface area contributed by atoms with E-state index in [9.17, 15) is 4.79 Å². The summed E-state index contributed by atoms with van der Waals surface area (Å²) in [6.07, 6.45) is 1.73. The van der Waals surface area contributed by atoms with Gasteiger partial charge in [0, 0.05) is 27.4 Å². The molecule has 126 valence electrons. The molecular formula is C19H14Cl2N2OS. The smallest absolute Gasteiger partial charge is 0.255 e. The van der Waals surface area contributed by atoms with Crippen molar-refractivity contribution >= 4 is 46.6 Å². The number of aryl methyl sites for hydroxylation is 1. The van der Waals surface area contributed by atoms with E-state index in [4.69, 9.17) is 23.2 Å². The number of hydrogen-bond donors (Lipinski definition) is 1. The van der Waals surface area contributed by atoms with Crippen LogP contribution in [0.3, 0.4) is 0 Å². The van der Waals surface area contributed by atoms with Crippen LogP contribution in [0.5, 0.6) is 0 Å². The van der Waals surface area contributed by atoms with Gasteiger partial charge in [0.1, 0.15) is 5.03 Å². The van der Waals surface area contributed by atoms with Crippen LogP contribution in [0.25, 0.3) is 0 Å². The summed E-state index contributed by atoms with van der Waals surface area (Å²) >= 11 is 13.9. The summed E-state index contributed by atoms with van der Waals surface area (Å²) in [6, 6.07) is 16.3. The van der Waals surface area contributed by atoms with E-state index < -0.39 is 0 Å². The second-order valence-corrected chi connectivity index (χ2v) is 7.21. The molecule has 0 unspecified atom stereocenters. The molecule has 3 rings (SSSR count). The molecular weight excluding hydrogens is 375 g/mol. The van der Waals surface area contributed by atoms with Gasteiger partial charge in [-0.25, -0.2) is 4.98 Å². The highest BCUT2D eigenvalue weighted by molar-refractivity contribution is 7.99. The van der Waals surface area contributed by atoms with Crippen molar-refractivity contribution in [1.82, 2.24) is 4.98 Å². The maximum absolute atomic E-state index is 12.3. The molecule has 25 heavy (non-hydrogen) atoms. The van der Waals surface area contributed by atoms with Gasteiger partial charge in [-0.15, -0.1) is 0 Å². The zero-order chi connectivity index (χ0) is 17.8. The van der Waals surface area contributed by atoms with Crippen LogP contribution in [-0.2, 0) is 0 Å². The molecule has 0 saturated heterocycles. The van der Waals surface area contributed by atoms with E-state index in [0.29, 0.717) is 21.3 Å². The van der Waals surface area contributed by atoms with Gasteiger partial charge >= 0.3 is 0 Å². The van der Waals surface area contributed by atoms with Crippen molar-refractivity contribution in [2.24, 2.45) is 0 Å². The third-order valence-electron chi connectivity index (χ3n) is 3.48. The molecule has 0 atom stereocenters. The molecule has 0 radical (unpaired) electrons.